The van der Waals surface area contributed by atoms with Crippen molar-refractivity contribution in [1.29, 1.82) is 0 Å². The number of aliphatic hydroxyl groups is 1. The van der Waals surface area contributed by atoms with Crippen molar-refractivity contribution in [2.45, 2.75) is 6.42 Å². The van der Waals surface area contributed by atoms with Crippen molar-refractivity contribution in [2.75, 3.05) is 24.2 Å². The van der Waals surface area contributed by atoms with E-state index in [1.165, 1.54) is 22.2 Å². The van der Waals surface area contributed by atoms with E-state index in [0.29, 0.717) is 18.8 Å². The first-order chi connectivity index (χ1) is 10.2. The van der Waals surface area contributed by atoms with Crippen molar-refractivity contribution in [3.8, 4) is 5.00 Å². The van der Waals surface area contributed by atoms with Gasteiger partial charge in [0.1, 0.15) is 10.8 Å². The van der Waals surface area contributed by atoms with Crippen LogP contribution in [-0.4, -0.2) is 33.0 Å². The van der Waals surface area contributed by atoms with Crippen molar-refractivity contribution in [1.82, 2.24) is 14.8 Å². The van der Waals surface area contributed by atoms with E-state index in [4.69, 9.17) is 10.8 Å². The second-order valence-corrected chi connectivity index (χ2v) is 5.53. The normalized spacial score (nSPS) is 11.1. The van der Waals surface area contributed by atoms with Crippen molar-refractivity contribution in [3.05, 3.63) is 30.3 Å². The number of nitrogen functional groups attached to an aromatic ring is 1. The van der Waals surface area contributed by atoms with Gasteiger partial charge in [0.15, 0.2) is 5.82 Å². The number of aromatic nitrogens is 3. The van der Waals surface area contributed by atoms with Crippen LogP contribution in [0.5, 0.6) is 0 Å². The Hall–Kier alpha value is -2.19. The number of aliphatic hydroxyl groups excluding tert-OH is 1. The number of thiophene rings is 1. The highest BCUT2D eigenvalue weighted by Gasteiger charge is 2.11. The van der Waals surface area contributed by atoms with Crippen LogP contribution in [0.25, 0.3) is 15.2 Å². The molecule has 110 valence electrons. The average molecular weight is 307 g/mol. The number of nitrogens with zero attached hydrogens (tertiary/aromatic N) is 3. The first-order valence-electron chi connectivity index (χ1n) is 6.42. The van der Waals surface area contributed by atoms with Crippen LogP contribution in [0, 0.1) is 5.82 Å². The highest BCUT2D eigenvalue weighted by molar-refractivity contribution is 7.22. The quantitative estimate of drug-likeness (QED) is 0.627. The summed E-state index contributed by atoms with van der Waals surface area (Å²) >= 11 is 1.45. The molecule has 3 heterocycles. The van der Waals surface area contributed by atoms with E-state index in [9.17, 15) is 4.39 Å². The second-order valence-electron chi connectivity index (χ2n) is 4.50. The summed E-state index contributed by atoms with van der Waals surface area (Å²) in [7, 11) is 0. The number of nitrogens with two attached hydrogens (primary N) is 1. The van der Waals surface area contributed by atoms with Gasteiger partial charge in [0.2, 0.25) is 0 Å². The molecule has 0 saturated heterocycles. The molecule has 0 aromatic carbocycles. The summed E-state index contributed by atoms with van der Waals surface area (Å²) in [5, 5.41) is 16.8. The van der Waals surface area contributed by atoms with Crippen LogP contribution in [0.2, 0.25) is 0 Å². The second kappa shape index (κ2) is 5.66. The lowest BCUT2D eigenvalue weighted by Crippen LogP contribution is -2.04. The maximum Gasteiger partial charge on any atom is 0.161 e. The zero-order chi connectivity index (χ0) is 14.8. The highest BCUT2D eigenvalue weighted by Crippen LogP contribution is 2.34. The van der Waals surface area contributed by atoms with Crippen LogP contribution >= 0.6 is 11.3 Å². The minimum absolute atomic E-state index is 0.124. The molecule has 3 aromatic heterocycles. The van der Waals surface area contributed by atoms with E-state index in [1.807, 2.05) is 6.07 Å². The lowest BCUT2D eigenvalue weighted by atomic mass is 10.3. The number of anilines is 2. The molecule has 21 heavy (non-hydrogen) atoms. The molecule has 0 unspecified atom stereocenters. The van der Waals surface area contributed by atoms with Crippen molar-refractivity contribution in [2.24, 2.45) is 0 Å². The number of nitrogens with one attached hydrogen (secondary N) is 1. The van der Waals surface area contributed by atoms with E-state index in [2.05, 4.69) is 15.4 Å². The number of fused-ring (bicyclic) bond motifs is 1. The van der Waals surface area contributed by atoms with Crippen LogP contribution < -0.4 is 11.1 Å². The van der Waals surface area contributed by atoms with Gasteiger partial charge in [-0.3, -0.25) is 0 Å². The fourth-order valence-electron chi connectivity index (χ4n) is 2.00. The summed E-state index contributed by atoms with van der Waals surface area (Å²) in [4.78, 5) is 4.28. The number of halogens is 1. The third-order valence-corrected chi connectivity index (χ3v) is 4.06. The molecule has 0 aliphatic rings. The molecule has 0 spiro atoms. The maximum absolute atomic E-state index is 13.1. The Balaban J connectivity index is 2.01. The molecule has 0 fully saturated rings. The molecule has 0 saturated carbocycles. The highest BCUT2D eigenvalue weighted by atomic mass is 32.1. The predicted octanol–water partition coefficient (Wildman–Crippen LogP) is 2.00. The summed E-state index contributed by atoms with van der Waals surface area (Å²) in [6.45, 7) is 0.762. The summed E-state index contributed by atoms with van der Waals surface area (Å²) in [5.74, 6) is 0.0196. The van der Waals surface area contributed by atoms with E-state index in [-0.39, 0.29) is 12.4 Å². The minimum Gasteiger partial charge on any atom is -0.396 e. The fourth-order valence-corrected chi connectivity index (χ4v) is 3.02. The Morgan fingerprint density at radius 1 is 1.43 bits per heavy atom. The zero-order valence-electron chi connectivity index (χ0n) is 11.1. The Morgan fingerprint density at radius 3 is 3.00 bits per heavy atom. The van der Waals surface area contributed by atoms with Gasteiger partial charge in [0.25, 0.3) is 0 Å². The van der Waals surface area contributed by atoms with Crippen molar-refractivity contribution < 1.29 is 9.50 Å². The summed E-state index contributed by atoms with van der Waals surface area (Å²) in [6, 6.07) is 3.57. The van der Waals surface area contributed by atoms with Gasteiger partial charge in [0, 0.05) is 25.3 Å². The summed E-state index contributed by atoms with van der Waals surface area (Å²) in [5.41, 5.74) is 7.39. The van der Waals surface area contributed by atoms with E-state index in [0.717, 1.165) is 27.1 Å². The van der Waals surface area contributed by atoms with Gasteiger partial charge in [-0.1, -0.05) is 0 Å². The number of hydrogen-bond donors (Lipinski definition) is 3. The number of hydrogen-bond acceptors (Lipinski definition) is 6. The molecule has 3 rings (SSSR count). The molecule has 0 aliphatic carbocycles. The molecule has 6 nitrogen and oxygen atoms in total. The van der Waals surface area contributed by atoms with Crippen molar-refractivity contribution >= 4 is 33.1 Å². The van der Waals surface area contributed by atoms with Crippen molar-refractivity contribution in [3.63, 3.8) is 0 Å². The van der Waals surface area contributed by atoms with E-state index < -0.39 is 0 Å². The maximum atomic E-state index is 13.1. The van der Waals surface area contributed by atoms with E-state index >= 15 is 0 Å². The summed E-state index contributed by atoms with van der Waals surface area (Å²) in [6.07, 6.45) is 3.12. The van der Waals surface area contributed by atoms with Crippen LogP contribution in [-0.2, 0) is 0 Å². The van der Waals surface area contributed by atoms with Gasteiger partial charge in [-0.2, -0.15) is 5.10 Å². The average Bonchev–Trinajstić information content (AvgIpc) is 3.04. The number of rotatable bonds is 5. The zero-order valence-corrected chi connectivity index (χ0v) is 11.9. The molecular formula is C13H14FN5OS. The van der Waals surface area contributed by atoms with Gasteiger partial charge >= 0.3 is 0 Å². The summed E-state index contributed by atoms with van der Waals surface area (Å²) < 4.78 is 15.5. The van der Waals surface area contributed by atoms with Gasteiger partial charge in [-0.15, -0.1) is 11.3 Å². The number of pyridine rings is 1. The van der Waals surface area contributed by atoms with Gasteiger partial charge in [-0.25, -0.2) is 14.1 Å². The monoisotopic (exact) mass is 307 g/mol. The van der Waals surface area contributed by atoms with Crippen LogP contribution in [0.15, 0.2) is 24.5 Å². The largest absolute Gasteiger partial charge is 0.396 e. The third kappa shape index (κ3) is 2.81. The van der Waals surface area contributed by atoms with Gasteiger partial charge in [0.05, 0.1) is 28.3 Å². The SMILES string of the molecule is Nc1cc(NCCCO)c2sc(-n3cc(F)cn3)cc2n1. The lowest BCUT2D eigenvalue weighted by molar-refractivity contribution is 0.292. The van der Waals surface area contributed by atoms with Crippen LogP contribution in [0.4, 0.5) is 15.9 Å². The molecule has 0 aliphatic heterocycles. The molecule has 0 bridgehead atoms. The van der Waals surface area contributed by atoms with Crippen LogP contribution in [0.3, 0.4) is 0 Å². The molecule has 3 aromatic rings. The molecule has 8 heteroatoms. The molecule has 0 radical (unpaired) electrons. The first-order valence-corrected chi connectivity index (χ1v) is 7.24. The topological polar surface area (TPSA) is 89.0 Å². The predicted molar refractivity (Wildman–Crippen MR) is 81.3 cm³/mol. The smallest absolute Gasteiger partial charge is 0.161 e. The minimum atomic E-state index is -0.388. The van der Waals surface area contributed by atoms with Gasteiger partial charge in [-0.05, 0) is 6.42 Å². The van der Waals surface area contributed by atoms with E-state index in [1.54, 1.807) is 6.07 Å². The standard InChI is InChI=1S/C13H14FN5OS/c14-8-6-17-19(7-8)12-5-10-13(21-12)9(4-11(15)18-10)16-2-1-3-20/h4-7,20H,1-3H2,(H3,15,16,18). The lowest BCUT2D eigenvalue weighted by Gasteiger charge is -2.07. The Kier molecular flexibility index (Phi) is 3.72. The fraction of sp³-hybridized carbons (Fsp3) is 0.231. The Labute approximate surface area is 124 Å². The third-order valence-electron chi connectivity index (χ3n) is 2.91. The van der Waals surface area contributed by atoms with Crippen LogP contribution in [0.1, 0.15) is 6.42 Å². The Bertz CT molecular complexity index is 769. The first kappa shape index (κ1) is 13.8. The molecule has 4 N–H and O–H groups in total. The molecule has 0 atom stereocenters. The Morgan fingerprint density at radius 2 is 2.29 bits per heavy atom. The molecular weight excluding hydrogens is 293 g/mol. The van der Waals surface area contributed by atoms with Gasteiger partial charge < -0.3 is 16.2 Å². The molecule has 0 amide bonds.